The highest BCUT2D eigenvalue weighted by Gasteiger charge is 2.30. The number of benzene rings is 1. The molecule has 1 atom stereocenters. The molecule has 0 saturated carbocycles. The van der Waals surface area contributed by atoms with Gasteiger partial charge in [0.1, 0.15) is 5.82 Å². The summed E-state index contributed by atoms with van der Waals surface area (Å²) in [7, 11) is 3.76. The smallest absolute Gasteiger partial charge is 0.227 e. The second kappa shape index (κ2) is 9.42. The molecule has 9 heteroatoms. The third-order valence-electron chi connectivity index (χ3n) is 5.65. The number of aryl methyl sites for hydroxylation is 2. The first-order valence-corrected chi connectivity index (χ1v) is 10.8. The third-order valence-corrected chi connectivity index (χ3v) is 5.65. The minimum absolute atomic E-state index is 0.0500. The van der Waals surface area contributed by atoms with Crippen molar-refractivity contribution in [1.29, 1.82) is 0 Å². The molecule has 0 N–H and O–H groups in total. The monoisotopic (exact) mass is 438 g/mol. The van der Waals surface area contributed by atoms with Gasteiger partial charge in [-0.05, 0) is 24.1 Å². The van der Waals surface area contributed by atoms with Gasteiger partial charge in [-0.2, -0.15) is 4.98 Å². The summed E-state index contributed by atoms with van der Waals surface area (Å²) >= 11 is 0. The SMILES string of the molecule is CCc1noc(CCC(=O)N2CC[C@@H](c3nc(N(C)C)ncc3-c3cccc(F)c3)C2)n1. The van der Waals surface area contributed by atoms with Gasteiger partial charge in [0.2, 0.25) is 17.7 Å². The van der Waals surface area contributed by atoms with E-state index < -0.39 is 0 Å². The molecule has 0 radical (unpaired) electrons. The average Bonchev–Trinajstić information content (AvgIpc) is 3.47. The number of rotatable bonds is 7. The van der Waals surface area contributed by atoms with E-state index in [0.717, 1.165) is 23.2 Å². The topological polar surface area (TPSA) is 88.3 Å². The number of amides is 1. The second-order valence-electron chi connectivity index (χ2n) is 8.16. The van der Waals surface area contributed by atoms with Crippen LogP contribution < -0.4 is 4.90 Å². The normalized spacial score (nSPS) is 15.9. The van der Waals surface area contributed by atoms with Crippen LogP contribution in [0.3, 0.4) is 0 Å². The lowest BCUT2D eigenvalue weighted by Crippen LogP contribution is -2.28. The number of halogens is 1. The number of hydrogen-bond donors (Lipinski definition) is 0. The van der Waals surface area contributed by atoms with Crippen LogP contribution in [-0.4, -0.2) is 58.1 Å². The molecule has 168 valence electrons. The molecule has 32 heavy (non-hydrogen) atoms. The third kappa shape index (κ3) is 4.76. The fourth-order valence-electron chi connectivity index (χ4n) is 3.91. The zero-order valence-corrected chi connectivity index (χ0v) is 18.6. The summed E-state index contributed by atoms with van der Waals surface area (Å²) in [4.78, 5) is 30.0. The molecule has 0 unspecified atom stereocenters. The summed E-state index contributed by atoms with van der Waals surface area (Å²) in [6, 6.07) is 6.44. The van der Waals surface area contributed by atoms with Crippen molar-refractivity contribution in [3.05, 3.63) is 53.7 Å². The molecule has 1 aliphatic heterocycles. The largest absolute Gasteiger partial charge is 0.347 e. The molecule has 3 heterocycles. The van der Waals surface area contributed by atoms with Gasteiger partial charge in [0.05, 0.1) is 5.69 Å². The first-order valence-electron chi connectivity index (χ1n) is 10.8. The predicted octanol–water partition coefficient (Wildman–Crippen LogP) is 3.24. The number of hydrogen-bond acceptors (Lipinski definition) is 7. The molecule has 1 saturated heterocycles. The number of aromatic nitrogens is 4. The van der Waals surface area contributed by atoms with Crippen LogP contribution in [0, 0.1) is 5.82 Å². The summed E-state index contributed by atoms with van der Waals surface area (Å²) in [5.41, 5.74) is 2.37. The van der Waals surface area contributed by atoms with E-state index in [2.05, 4.69) is 15.1 Å². The minimum atomic E-state index is -0.305. The summed E-state index contributed by atoms with van der Waals surface area (Å²) in [5.74, 6) is 1.53. The van der Waals surface area contributed by atoms with Crippen molar-refractivity contribution >= 4 is 11.9 Å². The van der Waals surface area contributed by atoms with E-state index in [1.807, 2.05) is 36.9 Å². The maximum Gasteiger partial charge on any atom is 0.227 e. The van der Waals surface area contributed by atoms with Crippen molar-refractivity contribution < 1.29 is 13.7 Å². The molecule has 0 spiro atoms. The number of nitrogens with zero attached hydrogens (tertiary/aromatic N) is 6. The highest BCUT2D eigenvalue weighted by Crippen LogP contribution is 2.34. The molecule has 1 aromatic carbocycles. The van der Waals surface area contributed by atoms with Crippen LogP contribution in [0.1, 0.15) is 43.1 Å². The fraction of sp³-hybridized carbons (Fsp3) is 0.435. The highest BCUT2D eigenvalue weighted by atomic mass is 19.1. The van der Waals surface area contributed by atoms with Gasteiger partial charge in [0, 0.05) is 64.1 Å². The maximum absolute atomic E-state index is 13.9. The van der Waals surface area contributed by atoms with Gasteiger partial charge < -0.3 is 14.3 Å². The van der Waals surface area contributed by atoms with Crippen molar-refractivity contribution in [1.82, 2.24) is 25.0 Å². The fourth-order valence-corrected chi connectivity index (χ4v) is 3.91. The Kier molecular flexibility index (Phi) is 6.43. The van der Waals surface area contributed by atoms with E-state index in [9.17, 15) is 9.18 Å². The molecule has 1 amide bonds. The molecular formula is C23H27FN6O2. The van der Waals surface area contributed by atoms with Crippen molar-refractivity contribution in [2.24, 2.45) is 0 Å². The molecule has 1 fully saturated rings. The van der Waals surface area contributed by atoms with Crippen LogP contribution in [-0.2, 0) is 17.6 Å². The van der Waals surface area contributed by atoms with E-state index in [1.54, 1.807) is 12.3 Å². The Balaban J connectivity index is 1.50. The Morgan fingerprint density at radius 1 is 1.31 bits per heavy atom. The van der Waals surface area contributed by atoms with Crippen LogP contribution in [0.4, 0.5) is 10.3 Å². The Morgan fingerprint density at radius 2 is 2.16 bits per heavy atom. The van der Waals surface area contributed by atoms with Gasteiger partial charge in [-0.15, -0.1) is 0 Å². The molecule has 1 aliphatic rings. The predicted molar refractivity (Wildman–Crippen MR) is 118 cm³/mol. The molecular weight excluding hydrogens is 411 g/mol. The van der Waals surface area contributed by atoms with E-state index >= 15 is 0 Å². The second-order valence-corrected chi connectivity index (χ2v) is 8.16. The standard InChI is InChI=1S/C23H27FN6O2/c1-4-19-26-20(32-28-19)8-9-21(31)30-11-10-16(14-30)22-18(13-25-23(27-22)29(2)3)15-6-5-7-17(24)12-15/h5-7,12-13,16H,4,8-11,14H2,1-3H3/t16-/m1/s1. The van der Waals surface area contributed by atoms with Gasteiger partial charge in [0.25, 0.3) is 0 Å². The van der Waals surface area contributed by atoms with Crippen molar-refractivity contribution in [2.75, 3.05) is 32.1 Å². The van der Waals surface area contributed by atoms with E-state index in [4.69, 9.17) is 9.51 Å². The molecule has 8 nitrogen and oxygen atoms in total. The Morgan fingerprint density at radius 3 is 2.88 bits per heavy atom. The average molecular weight is 439 g/mol. The molecule has 2 aromatic heterocycles. The minimum Gasteiger partial charge on any atom is -0.347 e. The van der Waals surface area contributed by atoms with Crippen molar-refractivity contribution in [3.63, 3.8) is 0 Å². The Labute approximate surface area is 186 Å². The van der Waals surface area contributed by atoms with Crippen LogP contribution in [0.2, 0.25) is 0 Å². The Hall–Kier alpha value is -3.36. The van der Waals surface area contributed by atoms with Crippen molar-refractivity contribution in [3.8, 4) is 11.1 Å². The van der Waals surface area contributed by atoms with Crippen LogP contribution >= 0.6 is 0 Å². The zero-order valence-electron chi connectivity index (χ0n) is 18.6. The molecule has 4 rings (SSSR count). The van der Waals surface area contributed by atoms with Crippen LogP contribution in [0.15, 0.2) is 35.0 Å². The van der Waals surface area contributed by atoms with E-state index in [-0.39, 0.29) is 17.6 Å². The maximum atomic E-state index is 13.9. The van der Waals surface area contributed by atoms with Gasteiger partial charge in [-0.3, -0.25) is 4.79 Å². The number of carbonyl (C=O) groups is 1. The summed E-state index contributed by atoms with van der Waals surface area (Å²) < 4.78 is 19.1. The van der Waals surface area contributed by atoms with Gasteiger partial charge in [-0.1, -0.05) is 24.2 Å². The summed E-state index contributed by atoms with van der Waals surface area (Å²) in [6.07, 6.45) is 3.99. The summed E-state index contributed by atoms with van der Waals surface area (Å²) in [5, 5.41) is 3.87. The Bertz CT molecular complexity index is 1100. The number of likely N-dealkylation sites (tertiary alicyclic amines) is 1. The lowest BCUT2D eigenvalue weighted by Gasteiger charge is -2.19. The number of anilines is 1. The van der Waals surface area contributed by atoms with Crippen LogP contribution in [0.25, 0.3) is 11.1 Å². The number of carbonyl (C=O) groups excluding carboxylic acids is 1. The van der Waals surface area contributed by atoms with Gasteiger partial charge in [0.15, 0.2) is 5.82 Å². The highest BCUT2D eigenvalue weighted by molar-refractivity contribution is 5.77. The first kappa shape index (κ1) is 21.9. The first-order chi connectivity index (χ1) is 15.4. The van der Waals surface area contributed by atoms with Crippen LogP contribution in [0.5, 0.6) is 0 Å². The molecule has 0 bridgehead atoms. The lowest BCUT2D eigenvalue weighted by molar-refractivity contribution is -0.130. The van der Waals surface area contributed by atoms with E-state index in [1.165, 1.54) is 12.1 Å². The van der Waals surface area contributed by atoms with Crippen molar-refractivity contribution in [2.45, 2.75) is 38.5 Å². The molecule has 0 aliphatic carbocycles. The molecule has 3 aromatic rings. The quantitative estimate of drug-likeness (QED) is 0.559. The van der Waals surface area contributed by atoms with Gasteiger partial charge >= 0.3 is 0 Å². The van der Waals surface area contributed by atoms with Gasteiger partial charge in [-0.25, -0.2) is 14.4 Å². The zero-order chi connectivity index (χ0) is 22.7. The summed E-state index contributed by atoms with van der Waals surface area (Å²) in [6.45, 7) is 3.17. The lowest BCUT2D eigenvalue weighted by atomic mass is 9.96. The van der Waals surface area contributed by atoms with E-state index in [0.29, 0.717) is 50.0 Å².